The van der Waals surface area contributed by atoms with Gasteiger partial charge in [0.1, 0.15) is 17.4 Å². The summed E-state index contributed by atoms with van der Waals surface area (Å²) in [6, 6.07) is 10.0. The Morgan fingerprint density at radius 2 is 1.88 bits per heavy atom. The summed E-state index contributed by atoms with van der Waals surface area (Å²) >= 11 is 0. The summed E-state index contributed by atoms with van der Waals surface area (Å²) < 4.78 is 37.1. The van der Waals surface area contributed by atoms with Crippen LogP contribution in [0.1, 0.15) is 18.9 Å². The van der Waals surface area contributed by atoms with Crippen molar-refractivity contribution in [2.24, 2.45) is 0 Å². The molecule has 0 heterocycles. The lowest BCUT2D eigenvalue weighted by Gasteiger charge is -2.14. The second-order valence-electron chi connectivity index (χ2n) is 5.61. The molecule has 1 amide bonds. The Morgan fingerprint density at radius 3 is 2.62 bits per heavy atom. The van der Waals surface area contributed by atoms with Crippen molar-refractivity contribution in [3.63, 3.8) is 0 Å². The van der Waals surface area contributed by atoms with Gasteiger partial charge in [-0.3, -0.25) is 9.59 Å². The predicted molar refractivity (Wildman–Crippen MR) is 91.8 cm³/mol. The molecule has 7 heteroatoms. The summed E-state index contributed by atoms with van der Waals surface area (Å²) in [6.07, 6.45) is -1.22. The molecule has 0 fully saturated rings. The monoisotopic (exact) mass is 363 g/mol. The van der Waals surface area contributed by atoms with Gasteiger partial charge in [-0.2, -0.15) is 0 Å². The summed E-state index contributed by atoms with van der Waals surface area (Å²) in [6.45, 7) is 3.31. The normalized spacial score (nSPS) is 11.5. The molecule has 0 bridgehead atoms. The number of halogens is 2. The zero-order chi connectivity index (χ0) is 19.1. The number of benzene rings is 2. The standard InChI is InChI=1S/C19H19F2NO4/c1-12-5-3-4-6-17(12)25-10-9-18(23)26-13(2)19(24)22-16-11-14(20)7-8-15(16)21/h3-8,11,13H,9-10H2,1-2H3,(H,22,24)/t13-/m0/s1. The molecule has 0 radical (unpaired) electrons. The number of carbonyl (C=O) groups is 2. The highest BCUT2D eigenvalue weighted by atomic mass is 19.1. The van der Waals surface area contributed by atoms with Gasteiger partial charge >= 0.3 is 5.97 Å². The molecule has 0 aliphatic rings. The molecule has 0 aliphatic heterocycles. The van der Waals surface area contributed by atoms with Gasteiger partial charge in [-0.15, -0.1) is 0 Å². The lowest BCUT2D eigenvalue weighted by Crippen LogP contribution is -2.30. The van der Waals surface area contributed by atoms with Crippen LogP contribution in [0.25, 0.3) is 0 Å². The van der Waals surface area contributed by atoms with Gasteiger partial charge in [0.15, 0.2) is 6.10 Å². The second-order valence-corrected chi connectivity index (χ2v) is 5.61. The number of hydrogen-bond donors (Lipinski definition) is 1. The maximum Gasteiger partial charge on any atom is 0.310 e. The zero-order valence-electron chi connectivity index (χ0n) is 14.4. The van der Waals surface area contributed by atoms with Crippen LogP contribution in [0.3, 0.4) is 0 Å². The van der Waals surface area contributed by atoms with Gasteiger partial charge in [0.25, 0.3) is 5.91 Å². The van der Waals surface area contributed by atoms with E-state index in [0.717, 1.165) is 23.8 Å². The Hall–Kier alpha value is -2.96. The average molecular weight is 363 g/mol. The van der Waals surface area contributed by atoms with Crippen LogP contribution < -0.4 is 10.1 Å². The summed E-state index contributed by atoms with van der Waals surface area (Å²) in [7, 11) is 0. The van der Waals surface area contributed by atoms with E-state index in [4.69, 9.17) is 9.47 Å². The van der Waals surface area contributed by atoms with Crippen LogP contribution in [-0.2, 0) is 14.3 Å². The smallest absolute Gasteiger partial charge is 0.310 e. The van der Waals surface area contributed by atoms with Crippen LogP contribution in [-0.4, -0.2) is 24.6 Å². The number of ether oxygens (including phenoxy) is 2. The fourth-order valence-corrected chi connectivity index (χ4v) is 2.10. The second kappa shape index (κ2) is 8.94. The minimum Gasteiger partial charge on any atom is -0.493 e. The molecule has 2 rings (SSSR count). The Balaban J connectivity index is 1.79. The number of carbonyl (C=O) groups excluding carboxylic acids is 2. The van der Waals surface area contributed by atoms with Gasteiger partial charge in [-0.05, 0) is 37.6 Å². The molecule has 0 saturated heterocycles. The molecular formula is C19H19F2NO4. The molecule has 0 spiro atoms. The Morgan fingerprint density at radius 1 is 1.15 bits per heavy atom. The highest BCUT2D eigenvalue weighted by Crippen LogP contribution is 2.17. The number of rotatable bonds is 7. The van der Waals surface area contributed by atoms with Crippen molar-refractivity contribution in [1.82, 2.24) is 0 Å². The molecule has 5 nitrogen and oxygen atoms in total. The highest BCUT2D eigenvalue weighted by Gasteiger charge is 2.19. The van der Waals surface area contributed by atoms with E-state index in [-0.39, 0.29) is 18.7 Å². The number of nitrogens with one attached hydrogen (secondary N) is 1. The molecule has 1 atom stereocenters. The van der Waals surface area contributed by atoms with E-state index in [1.807, 2.05) is 25.1 Å². The molecule has 0 aliphatic carbocycles. The first-order chi connectivity index (χ1) is 12.4. The average Bonchev–Trinajstić information content (AvgIpc) is 2.59. The van der Waals surface area contributed by atoms with E-state index in [0.29, 0.717) is 5.75 Å². The van der Waals surface area contributed by atoms with Crippen molar-refractivity contribution in [1.29, 1.82) is 0 Å². The van der Waals surface area contributed by atoms with Crippen LogP contribution in [0.4, 0.5) is 14.5 Å². The van der Waals surface area contributed by atoms with Gasteiger partial charge in [0, 0.05) is 6.07 Å². The van der Waals surface area contributed by atoms with Crippen molar-refractivity contribution in [2.45, 2.75) is 26.4 Å². The Kier molecular flexibility index (Phi) is 6.66. The van der Waals surface area contributed by atoms with E-state index < -0.39 is 29.6 Å². The third kappa shape index (κ3) is 5.54. The Labute approximate surface area is 149 Å². The van der Waals surface area contributed by atoms with E-state index in [2.05, 4.69) is 5.32 Å². The Bertz CT molecular complexity index is 795. The quantitative estimate of drug-likeness (QED) is 0.763. The lowest BCUT2D eigenvalue weighted by atomic mass is 10.2. The molecule has 1 N–H and O–H groups in total. The molecule has 0 unspecified atom stereocenters. The van der Waals surface area contributed by atoms with Crippen molar-refractivity contribution in [3.8, 4) is 5.75 Å². The number of hydrogen-bond acceptors (Lipinski definition) is 4. The number of aryl methyl sites for hydroxylation is 1. The summed E-state index contributed by atoms with van der Waals surface area (Å²) in [5.74, 6) is -2.22. The molecule has 2 aromatic carbocycles. The van der Waals surface area contributed by atoms with Crippen LogP contribution in [0.15, 0.2) is 42.5 Å². The SMILES string of the molecule is Cc1ccccc1OCCC(=O)O[C@@H](C)C(=O)Nc1cc(F)ccc1F. The first-order valence-corrected chi connectivity index (χ1v) is 8.00. The maximum atomic E-state index is 13.5. The number of anilines is 1. The predicted octanol–water partition coefficient (Wildman–Crippen LogP) is 3.61. The maximum absolute atomic E-state index is 13.5. The van der Waals surface area contributed by atoms with E-state index in [9.17, 15) is 18.4 Å². The van der Waals surface area contributed by atoms with Crippen LogP contribution >= 0.6 is 0 Å². The molecular weight excluding hydrogens is 344 g/mol. The minimum absolute atomic E-state index is 0.0553. The molecule has 26 heavy (non-hydrogen) atoms. The van der Waals surface area contributed by atoms with Crippen LogP contribution in [0, 0.1) is 18.6 Å². The van der Waals surface area contributed by atoms with Gasteiger partial charge < -0.3 is 14.8 Å². The summed E-state index contributed by atoms with van der Waals surface area (Å²) in [5, 5.41) is 2.18. The minimum atomic E-state index is -1.16. The van der Waals surface area contributed by atoms with Crippen molar-refractivity contribution in [3.05, 3.63) is 59.7 Å². The van der Waals surface area contributed by atoms with Crippen LogP contribution in [0.2, 0.25) is 0 Å². The topological polar surface area (TPSA) is 64.6 Å². The van der Waals surface area contributed by atoms with E-state index >= 15 is 0 Å². The first-order valence-electron chi connectivity index (χ1n) is 8.00. The third-order valence-corrected chi connectivity index (χ3v) is 3.52. The highest BCUT2D eigenvalue weighted by molar-refractivity contribution is 5.95. The van der Waals surface area contributed by atoms with Gasteiger partial charge in [-0.1, -0.05) is 18.2 Å². The largest absolute Gasteiger partial charge is 0.493 e. The van der Waals surface area contributed by atoms with Gasteiger partial charge in [-0.25, -0.2) is 8.78 Å². The number of esters is 1. The summed E-state index contributed by atoms with van der Waals surface area (Å²) in [4.78, 5) is 23.7. The van der Waals surface area contributed by atoms with Crippen molar-refractivity contribution < 1.29 is 27.8 Å². The zero-order valence-corrected chi connectivity index (χ0v) is 14.4. The van der Waals surface area contributed by atoms with Crippen molar-refractivity contribution >= 4 is 17.6 Å². The van der Waals surface area contributed by atoms with Crippen molar-refractivity contribution in [2.75, 3.05) is 11.9 Å². The number of amides is 1. The fraction of sp³-hybridized carbons (Fsp3) is 0.263. The molecule has 2 aromatic rings. The number of para-hydroxylation sites is 1. The molecule has 0 aromatic heterocycles. The molecule has 0 saturated carbocycles. The first kappa shape index (κ1) is 19.4. The summed E-state index contributed by atoms with van der Waals surface area (Å²) in [5.41, 5.74) is 0.617. The van der Waals surface area contributed by atoms with E-state index in [1.165, 1.54) is 6.92 Å². The van der Waals surface area contributed by atoms with Gasteiger partial charge in [0.2, 0.25) is 0 Å². The fourth-order valence-electron chi connectivity index (χ4n) is 2.10. The van der Waals surface area contributed by atoms with Gasteiger partial charge in [0.05, 0.1) is 18.7 Å². The van der Waals surface area contributed by atoms with E-state index in [1.54, 1.807) is 6.07 Å². The van der Waals surface area contributed by atoms with Crippen LogP contribution in [0.5, 0.6) is 5.75 Å². The lowest BCUT2D eigenvalue weighted by molar-refractivity contribution is -0.153. The third-order valence-electron chi connectivity index (χ3n) is 3.52. The molecule has 138 valence electrons.